The quantitative estimate of drug-likeness (QED) is 0.656. The van der Waals surface area contributed by atoms with Crippen LogP contribution in [0.2, 0.25) is 0 Å². The summed E-state index contributed by atoms with van der Waals surface area (Å²) in [7, 11) is 3.09. The van der Waals surface area contributed by atoms with Crippen LogP contribution in [-0.4, -0.2) is 37.6 Å². The van der Waals surface area contributed by atoms with Crippen LogP contribution in [0, 0.1) is 0 Å². The third-order valence-corrected chi connectivity index (χ3v) is 4.22. The number of aromatic nitrogens is 2. The molecule has 1 aromatic heterocycles. The predicted octanol–water partition coefficient (Wildman–Crippen LogP) is 3.57. The molecule has 0 amide bonds. The van der Waals surface area contributed by atoms with Crippen molar-refractivity contribution in [1.29, 1.82) is 0 Å². The van der Waals surface area contributed by atoms with Crippen molar-refractivity contribution in [2.24, 2.45) is 10.2 Å². The lowest BCUT2D eigenvalue weighted by molar-refractivity contribution is 0.171. The lowest BCUT2D eigenvalue weighted by Gasteiger charge is -2.18. The van der Waals surface area contributed by atoms with Gasteiger partial charge in [0.15, 0.2) is 28.7 Å². The van der Waals surface area contributed by atoms with E-state index in [4.69, 9.17) is 18.9 Å². The molecule has 0 atom stereocenters. The van der Waals surface area contributed by atoms with Crippen LogP contribution in [0.3, 0.4) is 0 Å². The maximum Gasteiger partial charge on any atom is 0.292 e. The molecule has 4 rings (SSSR count). The van der Waals surface area contributed by atoms with Gasteiger partial charge in [0.2, 0.25) is 0 Å². The van der Waals surface area contributed by atoms with Gasteiger partial charge in [-0.05, 0) is 30.3 Å². The second-order valence-electron chi connectivity index (χ2n) is 5.90. The topological polar surface area (TPSA) is 110 Å². The van der Waals surface area contributed by atoms with Crippen LogP contribution in [0.25, 0.3) is 11.3 Å². The number of nitrogens with zero attached hydrogens (tertiary/aromatic N) is 2. The Labute approximate surface area is 159 Å². The van der Waals surface area contributed by atoms with Crippen molar-refractivity contribution in [2.75, 3.05) is 27.4 Å². The summed E-state index contributed by atoms with van der Waals surface area (Å²) < 4.78 is 21.6. The van der Waals surface area contributed by atoms with Gasteiger partial charge in [0.05, 0.1) is 25.6 Å². The van der Waals surface area contributed by atoms with E-state index >= 15 is 0 Å². The van der Waals surface area contributed by atoms with E-state index in [-0.39, 0.29) is 11.2 Å². The maximum absolute atomic E-state index is 12.2. The summed E-state index contributed by atoms with van der Waals surface area (Å²) in [6.45, 7) is 0.990. The zero-order valence-electron chi connectivity index (χ0n) is 15.3. The molecule has 0 radical (unpaired) electrons. The Morgan fingerprint density at radius 2 is 1.68 bits per heavy atom. The molecule has 0 aliphatic carbocycles. The summed E-state index contributed by atoms with van der Waals surface area (Å²) in [6, 6.07) is 10.5. The third kappa shape index (κ3) is 3.29. The van der Waals surface area contributed by atoms with Crippen molar-refractivity contribution < 1.29 is 18.9 Å². The van der Waals surface area contributed by atoms with Crippen LogP contribution < -0.4 is 24.5 Å². The third-order valence-electron chi connectivity index (χ3n) is 4.22. The summed E-state index contributed by atoms with van der Waals surface area (Å²) >= 11 is 0. The first-order valence-corrected chi connectivity index (χ1v) is 8.54. The number of methoxy groups -OCH3 is 2. The van der Waals surface area contributed by atoms with Crippen molar-refractivity contribution in [3.8, 4) is 34.3 Å². The van der Waals surface area contributed by atoms with Gasteiger partial charge in [0.1, 0.15) is 13.2 Å². The maximum atomic E-state index is 12.2. The molecular formula is C19H18N4O5. The smallest absolute Gasteiger partial charge is 0.292 e. The molecule has 0 spiro atoms. The van der Waals surface area contributed by atoms with Crippen molar-refractivity contribution in [3.63, 3.8) is 0 Å². The van der Waals surface area contributed by atoms with Crippen LogP contribution in [0.1, 0.15) is 0 Å². The number of benzene rings is 2. The van der Waals surface area contributed by atoms with E-state index in [0.29, 0.717) is 47.6 Å². The minimum absolute atomic E-state index is 0.159. The van der Waals surface area contributed by atoms with Crippen LogP contribution in [0.5, 0.6) is 23.0 Å². The molecule has 2 aromatic carbocycles. The SMILES string of the molecule is COc1ccc(N=Nc2c(-c3ccc4c(c3)OCCO4)[nH][nH]c2=O)cc1OC. The first-order chi connectivity index (χ1) is 13.7. The fraction of sp³-hybridized carbons (Fsp3) is 0.211. The largest absolute Gasteiger partial charge is 0.493 e. The van der Waals surface area contributed by atoms with Gasteiger partial charge >= 0.3 is 0 Å². The van der Waals surface area contributed by atoms with Gasteiger partial charge in [-0.3, -0.25) is 15.0 Å². The Hall–Kier alpha value is -3.75. The van der Waals surface area contributed by atoms with Gasteiger partial charge in [-0.25, -0.2) is 0 Å². The lowest BCUT2D eigenvalue weighted by atomic mass is 10.1. The second kappa shape index (κ2) is 7.47. The number of nitrogens with one attached hydrogen (secondary N) is 2. The summed E-state index contributed by atoms with van der Waals surface area (Å²) in [4.78, 5) is 12.2. The Balaban J connectivity index is 1.68. The average Bonchev–Trinajstić information content (AvgIpc) is 3.12. The van der Waals surface area contributed by atoms with Gasteiger partial charge in [-0.2, -0.15) is 5.11 Å². The monoisotopic (exact) mass is 382 g/mol. The molecule has 144 valence electrons. The standard InChI is InChI=1S/C19H18N4O5/c1-25-13-6-4-12(10-15(13)26-2)20-22-18-17(21-23-19(18)24)11-3-5-14-16(9-11)28-8-7-27-14/h3-6,9-10H,7-8H2,1-2H3,(H2,21,23,24). The first-order valence-electron chi connectivity index (χ1n) is 8.54. The highest BCUT2D eigenvalue weighted by Gasteiger charge is 2.17. The molecule has 1 aliphatic heterocycles. The summed E-state index contributed by atoms with van der Waals surface area (Å²) in [6.07, 6.45) is 0. The zero-order chi connectivity index (χ0) is 19.5. The first kappa shape index (κ1) is 17.7. The number of H-pyrrole nitrogens is 2. The highest BCUT2D eigenvalue weighted by Crippen LogP contribution is 2.36. The Kier molecular flexibility index (Phi) is 4.71. The normalized spacial score (nSPS) is 12.9. The minimum atomic E-state index is -0.380. The number of hydrogen-bond donors (Lipinski definition) is 2. The van der Waals surface area contributed by atoms with Gasteiger partial charge in [-0.1, -0.05) is 0 Å². The molecule has 0 unspecified atom stereocenters. The fourth-order valence-electron chi connectivity index (χ4n) is 2.85. The van der Waals surface area contributed by atoms with Crippen molar-refractivity contribution in [1.82, 2.24) is 10.2 Å². The molecular weight excluding hydrogens is 364 g/mol. The van der Waals surface area contributed by atoms with Crippen molar-refractivity contribution >= 4 is 11.4 Å². The van der Waals surface area contributed by atoms with E-state index < -0.39 is 0 Å². The summed E-state index contributed by atoms with van der Waals surface area (Å²) in [5.41, 5.74) is 1.53. The zero-order valence-corrected chi connectivity index (χ0v) is 15.3. The summed E-state index contributed by atoms with van der Waals surface area (Å²) in [5.74, 6) is 2.39. The lowest BCUT2D eigenvalue weighted by Crippen LogP contribution is -2.15. The van der Waals surface area contributed by atoms with Crippen molar-refractivity contribution in [3.05, 3.63) is 46.8 Å². The van der Waals surface area contributed by atoms with Crippen LogP contribution in [0.4, 0.5) is 11.4 Å². The van der Waals surface area contributed by atoms with E-state index in [1.54, 1.807) is 37.4 Å². The molecule has 9 heteroatoms. The number of aromatic amines is 2. The number of ether oxygens (including phenoxy) is 4. The highest BCUT2D eigenvalue weighted by atomic mass is 16.6. The fourth-order valence-corrected chi connectivity index (χ4v) is 2.85. The molecule has 2 heterocycles. The molecule has 2 N–H and O–H groups in total. The Morgan fingerprint density at radius 3 is 2.46 bits per heavy atom. The van der Waals surface area contributed by atoms with Gasteiger partial charge in [0.25, 0.3) is 5.56 Å². The van der Waals surface area contributed by atoms with E-state index in [1.165, 1.54) is 7.11 Å². The van der Waals surface area contributed by atoms with E-state index in [9.17, 15) is 4.79 Å². The summed E-state index contributed by atoms with van der Waals surface area (Å²) in [5, 5.41) is 13.7. The highest BCUT2D eigenvalue weighted by molar-refractivity contribution is 5.73. The second-order valence-corrected chi connectivity index (χ2v) is 5.90. The van der Waals surface area contributed by atoms with Crippen LogP contribution in [0.15, 0.2) is 51.4 Å². The molecule has 1 aliphatic rings. The Bertz CT molecular complexity index is 1090. The number of rotatable bonds is 5. The van der Waals surface area contributed by atoms with Gasteiger partial charge in [0, 0.05) is 11.6 Å². The van der Waals surface area contributed by atoms with Crippen molar-refractivity contribution in [2.45, 2.75) is 0 Å². The number of fused-ring (bicyclic) bond motifs is 1. The molecule has 9 nitrogen and oxygen atoms in total. The molecule has 0 saturated heterocycles. The molecule has 0 bridgehead atoms. The number of hydrogen-bond acceptors (Lipinski definition) is 7. The molecule has 0 saturated carbocycles. The average molecular weight is 382 g/mol. The molecule has 28 heavy (non-hydrogen) atoms. The number of azo groups is 1. The minimum Gasteiger partial charge on any atom is -0.493 e. The van der Waals surface area contributed by atoms with E-state index in [0.717, 1.165) is 5.56 Å². The molecule has 0 fully saturated rings. The Morgan fingerprint density at radius 1 is 0.893 bits per heavy atom. The van der Waals surface area contributed by atoms with E-state index in [1.807, 2.05) is 6.07 Å². The van der Waals surface area contributed by atoms with E-state index in [2.05, 4.69) is 20.4 Å². The molecule has 3 aromatic rings. The van der Waals surface area contributed by atoms with Crippen LogP contribution in [-0.2, 0) is 0 Å². The van der Waals surface area contributed by atoms with Crippen LogP contribution >= 0.6 is 0 Å². The van der Waals surface area contributed by atoms with Gasteiger partial charge in [-0.15, -0.1) is 5.11 Å². The van der Waals surface area contributed by atoms with Gasteiger partial charge < -0.3 is 18.9 Å². The predicted molar refractivity (Wildman–Crippen MR) is 102 cm³/mol.